The topological polar surface area (TPSA) is 41.1 Å². The van der Waals surface area contributed by atoms with E-state index in [1.165, 1.54) is 11.1 Å². The average Bonchev–Trinajstić information content (AvgIpc) is 2.63. The Bertz CT molecular complexity index is 688. The molecular formula is C21H27ClN2O. The zero-order chi connectivity index (χ0) is 18.2. The Hall–Kier alpha value is -2.00. The predicted molar refractivity (Wildman–Crippen MR) is 106 cm³/mol. The van der Waals surface area contributed by atoms with Crippen molar-refractivity contribution in [2.45, 2.75) is 52.1 Å². The number of halogens is 1. The van der Waals surface area contributed by atoms with Crippen molar-refractivity contribution in [3.8, 4) is 0 Å². The summed E-state index contributed by atoms with van der Waals surface area (Å²) in [6, 6.07) is 15.9. The van der Waals surface area contributed by atoms with Crippen molar-refractivity contribution in [1.29, 1.82) is 0 Å². The van der Waals surface area contributed by atoms with Gasteiger partial charge >= 0.3 is 0 Å². The van der Waals surface area contributed by atoms with Crippen molar-refractivity contribution in [2.24, 2.45) is 0 Å². The van der Waals surface area contributed by atoms with Gasteiger partial charge in [0.2, 0.25) is 5.91 Å². The molecule has 0 bridgehead atoms. The molecule has 0 fully saturated rings. The van der Waals surface area contributed by atoms with E-state index in [4.69, 9.17) is 11.6 Å². The van der Waals surface area contributed by atoms with Crippen LogP contribution in [0.2, 0.25) is 5.02 Å². The number of hydrogen-bond acceptors (Lipinski definition) is 2. The first kappa shape index (κ1) is 19.3. The smallest absolute Gasteiger partial charge is 0.242 e. The number of carbonyl (C=O) groups is 1. The van der Waals surface area contributed by atoms with Gasteiger partial charge in [-0.15, -0.1) is 0 Å². The number of benzene rings is 2. The van der Waals surface area contributed by atoms with Gasteiger partial charge in [-0.25, -0.2) is 0 Å². The first-order valence-corrected chi connectivity index (χ1v) is 9.39. The molecule has 0 aromatic heterocycles. The first-order chi connectivity index (χ1) is 12.1. The number of rotatable bonds is 4. The fraction of sp³-hybridized carbons (Fsp3) is 0.381. The molecular weight excluding hydrogens is 332 g/mol. The molecule has 0 spiro atoms. The average molecular weight is 359 g/mol. The fourth-order valence-corrected chi connectivity index (χ4v) is 3.22. The van der Waals surface area contributed by atoms with Gasteiger partial charge in [-0.1, -0.05) is 55.8 Å². The van der Waals surface area contributed by atoms with Crippen LogP contribution in [0.4, 0.5) is 5.69 Å². The Morgan fingerprint density at radius 2 is 1.96 bits per heavy atom. The highest BCUT2D eigenvalue weighted by molar-refractivity contribution is 6.30. The minimum Gasteiger partial charge on any atom is -0.373 e. The van der Waals surface area contributed by atoms with Crippen LogP contribution in [0, 0.1) is 0 Å². The zero-order valence-electron chi connectivity index (χ0n) is 15.2. The lowest BCUT2D eigenvalue weighted by atomic mass is 9.97. The van der Waals surface area contributed by atoms with Gasteiger partial charge in [0.15, 0.2) is 0 Å². The molecule has 0 saturated carbocycles. The van der Waals surface area contributed by atoms with E-state index in [2.05, 4.69) is 22.8 Å². The van der Waals surface area contributed by atoms with Gasteiger partial charge in [-0.3, -0.25) is 4.79 Å². The van der Waals surface area contributed by atoms with Crippen LogP contribution in [0.1, 0.15) is 38.3 Å². The van der Waals surface area contributed by atoms with Crippen LogP contribution >= 0.6 is 11.6 Å². The summed E-state index contributed by atoms with van der Waals surface area (Å²) in [6.07, 6.45) is 2.50. The van der Waals surface area contributed by atoms with Crippen LogP contribution in [0.15, 0.2) is 48.5 Å². The highest BCUT2D eigenvalue weighted by Gasteiger charge is 2.24. The second-order valence-electron chi connectivity index (χ2n) is 6.14. The fourth-order valence-electron chi connectivity index (χ4n) is 3.03. The summed E-state index contributed by atoms with van der Waals surface area (Å²) in [7, 11) is 0. The Morgan fingerprint density at radius 3 is 2.68 bits per heavy atom. The largest absolute Gasteiger partial charge is 0.373 e. The third kappa shape index (κ3) is 5.50. The lowest BCUT2D eigenvalue weighted by molar-refractivity contribution is -0.122. The van der Waals surface area contributed by atoms with Crippen molar-refractivity contribution in [3.05, 3.63) is 64.7 Å². The summed E-state index contributed by atoms with van der Waals surface area (Å²) in [5.74, 6) is 0.0639. The van der Waals surface area contributed by atoms with E-state index < -0.39 is 0 Å². The van der Waals surface area contributed by atoms with Crippen LogP contribution in [0.5, 0.6) is 0 Å². The second kappa shape index (κ2) is 9.47. The molecule has 2 aromatic rings. The van der Waals surface area contributed by atoms with E-state index in [0.29, 0.717) is 0 Å². The number of amides is 1. The molecule has 1 amide bonds. The molecule has 0 radical (unpaired) electrons. The number of anilines is 1. The predicted octanol–water partition coefficient (Wildman–Crippen LogP) is 4.84. The summed E-state index contributed by atoms with van der Waals surface area (Å²) in [6.45, 7) is 6.04. The maximum Gasteiger partial charge on any atom is 0.242 e. The van der Waals surface area contributed by atoms with Crippen LogP contribution in [-0.4, -0.2) is 18.0 Å². The van der Waals surface area contributed by atoms with E-state index >= 15 is 0 Å². The normalized spacial score (nSPS) is 16.6. The van der Waals surface area contributed by atoms with Crippen molar-refractivity contribution >= 4 is 23.2 Å². The Labute approximate surface area is 155 Å². The number of aryl methyl sites for hydroxylation is 1. The van der Waals surface area contributed by atoms with Crippen LogP contribution < -0.4 is 10.6 Å². The van der Waals surface area contributed by atoms with Gasteiger partial charge in [0.25, 0.3) is 0 Å². The van der Waals surface area contributed by atoms with Gasteiger partial charge in [0, 0.05) is 16.8 Å². The van der Waals surface area contributed by atoms with Crippen molar-refractivity contribution in [1.82, 2.24) is 5.32 Å². The zero-order valence-corrected chi connectivity index (χ0v) is 15.9. The standard InChI is InChI=1S/C19H21ClN2O.C2H6/c1-13(11-14-5-3-2-4-6-14)21-19(23)18-9-7-15-12-16(20)8-10-17(15)22-18;1-2/h2-6,8,10,12-13,18,22H,7,9,11H2,1H3,(H,21,23);1-2H3. The van der Waals surface area contributed by atoms with Gasteiger partial charge in [-0.2, -0.15) is 0 Å². The van der Waals surface area contributed by atoms with E-state index in [-0.39, 0.29) is 18.0 Å². The molecule has 1 aliphatic heterocycles. The quantitative estimate of drug-likeness (QED) is 0.821. The van der Waals surface area contributed by atoms with Crippen LogP contribution in [0.3, 0.4) is 0 Å². The number of carbonyl (C=O) groups excluding carboxylic acids is 1. The van der Waals surface area contributed by atoms with E-state index in [1.54, 1.807) is 0 Å². The summed E-state index contributed by atoms with van der Waals surface area (Å²) < 4.78 is 0. The Balaban J connectivity index is 0.00000109. The maximum absolute atomic E-state index is 12.5. The molecule has 0 aliphatic carbocycles. The maximum atomic E-state index is 12.5. The highest BCUT2D eigenvalue weighted by atomic mass is 35.5. The van der Waals surface area contributed by atoms with Crippen molar-refractivity contribution in [2.75, 3.05) is 5.32 Å². The molecule has 3 nitrogen and oxygen atoms in total. The Kier molecular flexibility index (Phi) is 7.32. The minimum absolute atomic E-state index is 0.0639. The monoisotopic (exact) mass is 358 g/mol. The first-order valence-electron chi connectivity index (χ1n) is 9.01. The molecule has 2 aromatic carbocycles. The van der Waals surface area contributed by atoms with E-state index in [9.17, 15) is 4.79 Å². The van der Waals surface area contributed by atoms with Crippen molar-refractivity contribution < 1.29 is 4.79 Å². The molecule has 1 heterocycles. The van der Waals surface area contributed by atoms with Gasteiger partial charge in [-0.05, 0) is 55.5 Å². The van der Waals surface area contributed by atoms with Gasteiger partial charge < -0.3 is 10.6 Å². The third-order valence-electron chi connectivity index (χ3n) is 4.19. The summed E-state index contributed by atoms with van der Waals surface area (Å²) in [4.78, 5) is 12.5. The van der Waals surface area contributed by atoms with Crippen molar-refractivity contribution in [3.63, 3.8) is 0 Å². The lowest BCUT2D eigenvalue weighted by Gasteiger charge is -2.27. The molecule has 0 saturated heterocycles. The molecule has 2 atom stereocenters. The summed E-state index contributed by atoms with van der Waals surface area (Å²) in [5.41, 5.74) is 3.42. The van der Waals surface area contributed by atoms with E-state index in [1.807, 2.05) is 57.2 Å². The van der Waals surface area contributed by atoms with E-state index in [0.717, 1.165) is 30.0 Å². The summed E-state index contributed by atoms with van der Waals surface area (Å²) in [5, 5.41) is 7.18. The SMILES string of the molecule is CC.CC(Cc1ccccc1)NC(=O)C1CCc2cc(Cl)ccc2N1. The molecule has 134 valence electrons. The van der Waals surface area contributed by atoms with Gasteiger partial charge in [0.1, 0.15) is 6.04 Å². The van der Waals surface area contributed by atoms with Crippen LogP contribution in [-0.2, 0) is 17.6 Å². The number of fused-ring (bicyclic) bond motifs is 1. The molecule has 2 N–H and O–H groups in total. The molecule has 3 rings (SSSR count). The van der Waals surface area contributed by atoms with Crippen LogP contribution in [0.25, 0.3) is 0 Å². The number of hydrogen-bond donors (Lipinski definition) is 2. The molecule has 1 aliphatic rings. The molecule has 25 heavy (non-hydrogen) atoms. The van der Waals surface area contributed by atoms with Gasteiger partial charge in [0.05, 0.1) is 0 Å². The third-order valence-corrected chi connectivity index (χ3v) is 4.42. The second-order valence-corrected chi connectivity index (χ2v) is 6.57. The molecule has 2 unspecified atom stereocenters. The minimum atomic E-state index is -0.179. The summed E-state index contributed by atoms with van der Waals surface area (Å²) >= 11 is 6.01. The number of nitrogens with one attached hydrogen (secondary N) is 2. The lowest BCUT2D eigenvalue weighted by Crippen LogP contribution is -2.45. The molecule has 4 heteroatoms. The Morgan fingerprint density at radius 1 is 1.24 bits per heavy atom. The highest BCUT2D eigenvalue weighted by Crippen LogP contribution is 2.27.